The van der Waals surface area contributed by atoms with Gasteiger partial charge >= 0.3 is 12.4 Å². The third kappa shape index (κ3) is 6.27. The molecule has 0 atom stereocenters. The van der Waals surface area contributed by atoms with Gasteiger partial charge in [-0.05, 0) is 53.9 Å². The number of alkyl halides is 3. The summed E-state index contributed by atoms with van der Waals surface area (Å²) in [5.74, 6) is -3.75. The first-order valence-electron chi connectivity index (χ1n) is 9.11. The van der Waals surface area contributed by atoms with E-state index in [4.69, 9.17) is 0 Å². The zero-order valence-corrected chi connectivity index (χ0v) is 16.2. The second-order valence-corrected chi connectivity index (χ2v) is 6.57. The standard InChI is InChI=1S/C22H15F5N2O3/c23-17-2-1-3-18(24)19(17)20(30)29-21(31)28-15-8-4-13(5-9-15)12-14-6-10-16(11-7-14)32-22(25,26)27/h1-11H,12H2,(H2,28,29,30,31). The minimum absolute atomic E-state index is 0.307. The van der Waals surface area contributed by atoms with Crippen LogP contribution in [0.5, 0.6) is 5.75 Å². The Balaban J connectivity index is 1.56. The van der Waals surface area contributed by atoms with Crippen LogP contribution in [0.15, 0.2) is 66.7 Å². The molecule has 0 unspecified atom stereocenters. The van der Waals surface area contributed by atoms with E-state index in [1.54, 1.807) is 12.1 Å². The minimum Gasteiger partial charge on any atom is -0.406 e. The number of carbonyl (C=O) groups excluding carboxylic acids is 2. The van der Waals surface area contributed by atoms with Crippen molar-refractivity contribution >= 4 is 17.6 Å². The topological polar surface area (TPSA) is 67.4 Å². The Morgan fingerprint density at radius 1 is 0.812 bits per heavy atom. The van der Waals surface area contributed by atoms with Crippen LogP contribution in [-0.4, -0.2) is 18.3 Å². The summed E-state index contributed by atoms with van der Waals surface area (Å²) >= 11 is 0. The third-order valence-electron chi connectivity index (χ3n) is 4.19. The second-order valence-electron chi connectivity index (χ2n) is 6.57. The highest BCUT2D eigenvalue weighted by molar-refractivity contribution is 6.08. The number of amides is 3. The highest BCUT2D eigenvalue weighted by Crippen LogP contribution is 2.23. The van der Waals surface area contributed by atoms with E-state index in [-0.39, 0.29) is 5.75 Å². The van der Waals surface area contributed by atoms with Crippen molar-refractivity contribution in [3.8, 4) is 5.75 Å². The molecule has 3 rings (SSSR count). The molecule has 0 aliphatic carbocycles. The predicted molar refractivity (Wildman–Crippen MR) is 105 cm³/mol. The summed E-state index contributed by atoms with van der Waals surface area (Å²) in [6.07, 6.45) is -4.35. The maximum Gasteiger partial charge on any atom is 0.573 e. The lowest BCUT2D eigenvalue weighted by atomic mass is 10.0. The fraction of sp³-hybridized carbons (Fsp3) is 0.0909. The molecule has 5 nitrogen and oxygen atoms in total. The molecule has 0 radical (unpaired) electrons. The van der Waals surface area contributed by atoms with Crippen molar-refractivity contribution in [3.05, 3.63) is 95.1 Å². The summed E-state index contributed by atoms with van der Waals surface area (Å²) in [5.41, 5.74) is 0.965. The predicted octanol–water partition coefficient (Wildman–Crippen LogP) is 5.42. The van der Waals surface area contributed by atoms with Gasteiger partial charge in [-0.15, -0.1) is 13.2 Å². The first-order chi connectivity index (χ1) is 15.1. The summed E-state index contributed by atoms with van der Waals surface area (Å²) in [6, 6.07) is 13.7. The summed E-state index contributed by atoms with van der Waals surface area (Å²) in [4.78, 5) is 23.9. The molecule has 0 spiro atoms. The monoisotopic (exact) mass is 450 g/mol. The molecule has 0 bridgehead atoms. The molecule has 0 saturated carbocycles. The van der Waals surface area contributed by atoms with Crippen LogP contribution >= 0.6 is 0 Å². The summed E-state index contributed by atoms with van der Waals surface area (Å²) in [6.45, 7) is 0. The zero-order chi connectivity index (χ0) is 23.3. The number of urea groups is 1. The first-order valence-corrected chi connectivity index (χ1v) is 9.11. The van der Waals surface area contributed by atoms with Gasteiger partial charge in [-0.3, -0.25) is 10.1 Å². The average molecular weight is 450 g/mol. The third-order valence-corrected chi connectivity index (χ3v) is 4.19. The Hall–Kier alpha value is -3.95. The number of carbonyl (C=O) groups is 2. The van der Waals surface area contributed by atoms with Crippen LogP contribution in [0.2, 0.25) is 0 Å². The number of ether oxygens (including phenoxy) is 1. The Morgan fingerprint density at radius 2 is 1.34 bits per heavy atom. The van der Waals surface area contributed by atoms with Gasteiger partial charge in [0.05, 0.1) is 0 Å². The lowest BCUT2D eigenvalue weighted by Gasteiger charge is -2.10. The lowest BCUT2D eigenvalue weighted by Crippen LogP contribution is -2.35. The van der Waals surface area contributed by atoms with Crippen molar-refractivity contribution in [1.29, 1.82) is 0 Å². The normalized spacial score (nSPS) is 11.0. The molecule has 0 aliphatic rings. The molecule has 0 aliphatic heterocycles. The van der Waals surface area contributed by atoms with Crippen LogP contribution < -0.4 is 15.4 Å². The molecule has 166 valence electrons. The highest BCUT2D eigenvalue weighted by atomic mass is 19.4. The zero-order valence-electron chi connectivity index (χ0n) is 16.2. The van der Waals surface area contributed by atoms with Gasteiger partial charge in [-0.1, -0.05) is 30.3 Å². The molecule has 3 amide bonds. The fourth-order valence-corrected chi connectivity index (χ4v) is 2.79. The van der Waals surface area contributed by atoms with Crippen molar-refractivity contribution in [2.24, 2.45) is 0 Å². The largest absolute Gasteiger partial charge is 0.573 e. The molecule has 0 heterocycles. The molecule has 0 saturated heterocycles. The van der Waals surface area contributed by atoms with Gasteiger partial charge in [0.1, 0.15) is 22.9 Å². The number of benzene rings is 3. The summed E-state index contributed by atoms with van der Waals surface area (Å²) in [7, 11) is 0. The number of halogens is 5. The molecule has 2 N–H and O–H groups in total. The van der Waals surface area contributed by atoms with E-state index in [0.29, 0.717) is 12.1 Å². The van der Waals surface area contributed by atoms with Gasteiger partial charge in [-0.25, -0.2) is 13.6 Å². The molecule has 32 heavy (non-hydrogen) atoms. The molecule has 0 fully saturated rings. The van der Waals surface area contributed by atoms with Gasteiger partial charge in [0.25, 0.3) is 5.91 Å². The van der Waals surface area contributed by atoms with Crippen LogP contribution in [0.4, 0.5) is 32.4 Å². The molecule has 3 aromatic rings. The number of hydrogen-bond acceptors (Lipinski definition) is 3. The number of nitrogens with one attached hydrogen (secondary N) is 2. The van der Waals surface area contributed by atoms with Crippen molar-refractivity contribution in [2.75, 3.05) is 5.32 Å². The molecule has 0 aromatic heterocycles. The number of rotatable bonds is 5. The second kappa shape index (κ2) is 9.46. The quantitative estimate of drug-likeness (QED) is 0.511. The Labute approximate surface area is 178 Å². The van der Waals surface area contributed by atoms with E-state index < -0.39 is 35.5 Å². The molecular weight excluding hydrogens is 435 g/mol. The Kier molecular flexibility index (Phi) is 6.72. The van der Waals surface area contributed by atoms with Gasteiger partial charge in [-0.2, -0.15) is 0 Å². The van der Waals surface area contributed by atoms with Gasteiger partial charge in [0.15, 0.2) is 0 Å². The van der Waals surface area contributed by atoms with Crippen LogP contribution in [0.1, 0.15) is 21.5 Å². The number of anilines is 1. The first kappa shape index (κ1) is 22.7. The van der Waals surface area contributed by atoms with Crippen molar-refractivity contribution in [1.82, 2.24) is 5.32 Å². The number of hydrogen-bond donors (Lipinski definition) is 2. The maximum atomic E-state index is 13.6. The van der Waals surface area contributed by atoms with E-state index >= 15 is 0 Å². The van der Waals surface area contributed by atoms with E-state index in [9.17, 15) is 31.5 Å². The van der Waals surface area contributed by atoms with Crippen LogP contribution in [0.25, 0.3) is 0 Å². The molecular formula is C22H15F5N2O3. The van der Waals surface area contributed by atoms with Crippen molar-refractivity contribution < 1.29 is 36.3 Å². The van der Waals surface area contributed by atoms with Gasteiger partial charge in [0.2, 0.25) is 0 Å². The Bertz CT molecular complexity index is 1090. The van der Waals surface area contributed by atoms with Crippen LogP contribution in [0, 0.1) is 11.6 Å². The highest BCUT2D eigenvalue weighted by Gasteiger charge is 2.30. The smallest absolute Gasteiger partial charge is 0.406 e. The van der Waals surface area contributed by atoms with E-state index in [1.165, 1.54) is 36.4 Å². The number of imide groups is 1. The fourth-order valence-electron chi connectivity index (χ4n) is 2.79. The molecule has 3 aromatic carbocycles. The van der Waals surface area contributed by atoms with Crippen molar-refractivity contribution in [3.63, 3.8) is 0 Å². The Morgan fingerprint density at radius 3 is 1.88 bits per heavy atom. The van der Waals surface area contributed by atoms with Crippen LogP contribution in [0.3, 0.4) is 0 Å². The minimum atomic E-state index is -4.76. The SMILES string of the molecule is O=C(NC(=O)c1c(F)cccc1F)Nc1ccc(Cc2ccc(OC(F)(F)F)cc2)cc1. The summed E-state index contributed by atoms with van der Waals surface area (Å²) in [5, 5.41) is 4.20. The van der Waals surface area contributed by atoms with Crippen molar-refractivity contribution in [2.45, 2.75) is 12.8 Å². The van der Waals surface area contributed by atoms with Gasteiger partial charge in [0, 0.05) is 5.69 Å². The maximum absolute atomic E-state index is 13.6. The van der Waals surface area contributed by atoms with E-state index in [2.05, 4.69) is 10.1 Å². The summed E-state index contributed by atoms with van der Waals surface area (Å²) < 4.78 is 67.6. The molecule has 10 heteroatoms. The van der Waals surface area contributed by atoms with E-state index in [1.807, 2.05) is 5.32 Å². The van der Waals surface area contributed by atoms with Crippen LogP contribution in [-0.2, 0) is 6.42 Å². The average Bonchev–Trinajstić information content (AvgIpc) is 2.69. The van der Waals surface area contributed by atoms with Gasteiger partial charge < -0.3 is 10.1 Å². The lowest BCUT2D eigenvalue weighted by molar-refractivity contribution is -0.274. The van der Waals surface area contributed by atoms with E-state index in [0.717, 1.165) is 29.3 Å².